The maximum Gasteiger partial charge on any atom is 0.304 e. The number of pyridine rings is 1. The fourth-order valence-electron chi connectivity index (χ4n) is 1.03. The molecule has 0 fully saturated rings. The lowest BCUT2D eigenvalue weighted by molar-refractivity contribution is -0.386. The highest BCUT2D eigenvalue weighted by Crippen LogP contribution is 2.32. The van der Waals surface area contributed by atoms with E-state index < -0.39 is 4.92 Å². The number of carbonyl (C=O) groups is 1. The lowest BCUT2D eigenvalue weighted by atomic mass is 10.3. The van der Waals surface area contributed by atoms with Gasteiger partial charge < -0.3 is 10.1 Å². The van der Waals surface area contributed by atoms with Crippen molar-refractivity contribution in [3.8, 4) is 5.88 Å². The molecule has 7 nitrogen and oxygen atoms in total. The highest BCUT2D eigenvalue weighted by molar-refractivity contribution is 9.10. The number of amides is 1. The van der Waals surface area contributed by atoms with Crippen molar-refractivity contribution in [2.24, 2.45) is 0 Å². The Hall–Kier alpha value is -1.70. The Morgan fingerprint density at radius 2 is 2.31 bits per heavy atom. The first kappa shape index (κ1) is 12.4. The summed E-state index contributed by atoms with van der Waals surface area (Å²) in [5.74, 6) is -0.260. The van der Waals surface area contributed by atoms with E-state index in [2.05, 4.69) is 26.2 Å². The summed E-state index contributed by atoms with van der Waals surface area (Å²) in [6.07, 6.45) is 0. The third-order valence-electron chi connectivity index (χ3n) is 1.62. The maximum atomic E-state index is 10.9. The minimum Gasteiger partial charge on any atom is -0.479 e. The molecule has 0 radical (unpaired) electrons. The lowest BCUT2D eigenvalue weighted by Crippen LogP contribution is -2.09. The van der Waals surface area contributed by atoms with Crippen molar-refractivity contribution >= 4 is 33.2 Å². The number of nitro groups is 1. The lowest BCUT2D eigenvalue weighted by Gasteiger charge is -2.07. The van der Waals surface area contributed by atoms with Crippen molar-refractivity contribution in [3.63, 3.8) is 0 Å². The van der Waals surface area contributed by atoms with E-state index in [9.17, 15) is 14.9 Å². The van der Waals surface area contributed by atoms with Gasteiger partial charge >= 0.3 is 5.69 Å². The minimum absolute atomic E-state index is 0.0449. The van der Waals surface area contributed by atoms with Crippen molar-refractivity contribution in [2.75, 3.05) is 12.4 Å². The Morgan fingerprint density at radius 1 is 1.69 bits per heavy atom. The number of anilines is 1. The molecule has 0 atom stereocenters. The van der Waals surface area contributed by atoms with E-state index in [-0.39, 0.29) is 27.8 Å². The molecule has 16 heavy (non-hydrogen) atoms. The van der Waals surface area contributed by atoms with Gasteiger partial charge in [-0.05, 0) is 15.9 Å². The summed E-state index contributed by atoms with van der Waals surface area (Å²) in [5.41, 5.74) is -0.0885. The number of rotatable bonds is 3. The van der Waals surface area contributed by atoms with E-state index in [0.29, 0.717) is 0 Å². The van der Waals surface area contributed by atoms with Gasteiger partial charge in [-0.1, -0.05) is 0 Å². The van der Waals surface area contributed by atoms with E-state index in [0.717, 1.165) is 0 Å². The quantitative estimate of drug-likeness (QED) is 0.519. The van der Waals surface area contributed by atoms with Crippen molar-refractivity contribution in [2.45, 2.75) is 6.92 Å². The molecular weight excluding hydrogens is 282 g/mol. The Labute approximate surface area is 99.1 Å². The standard InChI is InChI=1S/C8H8BrN3O4/c1-4(13)10-5-3-6(12(14)15)7(9)11-8(5)16-2/h3H,1-2H3,(H,10,13). The second-order valence-corrected chi connectivity index (χ2v) is 3.54. The van der Waals surface area contributed by atoms with E-state index >= 15 is 0 Å². The molecule has 0 aliphatic rings. The Morgan fingerprint density at radius 3 is 2.75 bits per heavy atom. The molecule has 1 N–H and O–H groups in total. The van der Waals surface area contributed by atoms with Crippen molar-refractivity contribution in [1.29, 1.82) is 0 Å². The fourth-order valence-corrected chi connectivity index (χ4v) is 1.45. The van der Waals surface area contributed by atoms with E-state index in [1.807, 2.05) is 0 Å². The first-order valence-corrected chi connectivity index (χ1v) is 4.91. The van der Waals surface area contributed by atoms with Gasteiger partial charge in [0.25, 0.3) is 0 Å². The highest BCUT2D eigenvalue weighted by Gasteiger charge is 2.19. The predicted molar refractivity (Wildman–Crippen MR) is 59.4 cm³/mol. The molecule has 1 heterocycles. The van der Waals surface area contributed by atoms with Gasteiger partial charge in [0.15, 0.2) is 4.60 Å². The average Bonchev–Trinajstić information content (AvgIpc) is 2.18. The van der Waals surface area contributed by atoms with Crippen LogP contribution in [0.1, 0.15) is 6.92 Å². The maximum absolute atomic E-state index is 10.9. The van der Waals surface area contributed by atoms with E-state index in [4.69, 9.17) is 4.74 Å². The van der Waals surface area contributed by atoms with Gasteiger partial charge in [0.05, 0.1) is 12.0 Å². The number of aromatic nitrogens is 1. The number of halogens is 1. The van der Waals surface area contributed by atoms with Gasteiger partial charge in [0.1, 0.15) is 5.69 Å². The number of nitrogens with zero attached hydrogens (tertiary/aromatic N) is 2. The van der Waals surface area contributed by atoms with Crippen LogP contribution in [0, 0.1) is 10.1 Å². The van der Waals surface area contributed by atoms with Crippen LogP contribution in [0.4, 0.5) is 11.4 Å². The molecule has 0 saturated heterocycles. The van der Waals surface area contributed by atoms with Gasteiger partial charge in [-0.3, -0.25) is 14.9 Å². The molecule has 0 aromatic carbocycles. The van der Waals surface area contributed by atoms with Crippen molar-refractivity contribution < 1.29 is 14.5 Å². The second kappa shape index (κ2) is 4.88. The molecule has 1 rings (SSSR count). The molecule has 0 spiro atoms. The van der Waals surface area contributed by atoms with Gasteiger partial charge in [-0.15, -0.1) is 0 Å². The number of hydrogen-bond acceptors (Lipinski definition) is 5. The second-order valence-electron chi connectivity index (χ2n) is 2.79. The van der Waals surface area contributed by atoms with Crippen LogP contribution in [-0.2, 0) is 4.79 Å². The van der Waals surface area contributed by atoms with E-state index in [1.165, 1.54) is 20.1 Å². The van der Waals surface area contributed by atoms with E-state index in [1.54, 1.807) is 0 Å². The summed E-state index contributed by atoms with van der Waals surface area (Å²) >= 11 is 2.94. The largest absolute Gasteiger partial charge is 0.479 e. The number of methoxy groups -OCH3 is 1. The van der Waals surface area contributed by atoms with Gasteiger partial charge in [-0.25, -0.2) is 0 Å². The summed E-state index contributed by atoms with van der Waals surface area (Å²) in [6, 6.07) is 1.18. The Balaban J connectivity index is 3.28. The number of ether oxygens (including phenoxy) is 1. The predicted octanol–water partition coefficient (Wildman–Crippen LogP) is 1.72. The first-order chi connectivity index (χ1) is 7.45. The van der Waals surface area contributed by atoms with Crippen LogP contribution >= 0.6 is 15.9 Å². The van der Waals surface area contributed by atoms with Crippen LogP contribution in [0.25, 0.3) is 0 Å². The van der Waals surface area contributed by atoms with Gasteiger partial charge in [-0.2, -0.15) is 4.98 Å². The monoisotopic (exact) mass is 289 g/mol. The summed E-state index contributed by atoms with van der Waals surface area (Å²) in [4.78, 5) is 24.7. The molecule has 0 saturated carbocycles. The Kier molecular flexibility index (Phi) is 3.78. The molecule has 1 amide bonds. The molecule has 86 valence electrons. The SMILES string of the molecule is COc1nc(Br)c([N+](=O)[O-])cc1NC(C)=O. The van der Waals surface area contributed by atoms with Gasteiger partial charge in [0, 0.05) is 13.0 Å². The topological polar surface area (TPSA) is 94.4 Å². The molecule has 0 bridgehead atoms. The van der Waals surface area contributed by atoms with Crippen LogP contribution < -0.4 is 10.1 Å². The van der Waals surface area contributed by atoms with Crippen LogP contribution in [0.3, 0.4) is 0 Å². The smallest absolute Gasteiger partial charge is 0.304 e. The molecule has 1 aromatic rings. The summed E-state index contributed by atoms with van der Waals surface area (Å²) in [7, 11) is 1.35. The normalized spacial score (nSPS) is 9.69. The fraction of sp³-hybridized carbons (Fsp3) is 0.250. The molecule has 0 aliphatic heterocycles. The number of carbonyl (C=O) groups excluding carboxylic acids is 1. The van der Waals surface area contributed by atoms with Gasteiger partial charge in [0.2, 0.25) is 11.8 Å². The molecule has 1 aromatic heterocycles. The minimum atomic E-state index is -0.609. The highest BCUT2D eigenvalue weighted by atomic mass is 79.9. The number of nitrogens with one attached hydrogen (secondary N) is 1. The summed E-state index contributed by atoms with van der Waals surface area (Å²) in [6.45, 7) is 1.29. The molecule has 0 unspecified atom stereocenters. The Bertz CT molecular complexity index is 449. The first-order valence-electron chi connectivity index (χ1n) is 4.12. The van der Waals surface area contributed by atoms with Crippen molar-refractivity contribution in [1.82, 2.24) is 4.98 Å². The van der Waals surface area contributed by atoms with Crippen LogP contribution in [0.5, 0.6) is 5.88 Å². The number of hydrogen-bond donors (Lipinski definition) is 1. The van der Waals surface area contributed by atoms with Crippen LogP contribution in [0.15, 0.2) is 10.7 Å². The zero-order valence-corrected chi connectivity index (χ0v) is 10.1. The molecule has 8 heteroatoms. The third kappa shape index (κ3) is 2.66. The molecular formula is C8H8BrN3O4. The average molecular weight is 290 g/mol. The summed E-state index contributed by atoms with van der Waals surface area (Å²) < 4.78 is 4.93. The third-order valence-corrected chi connectivity index (χ3v) is 2.21. The van der Waals surface area contributed by atoms with Crippen LogP contribution in [-0.4, -0.2) is 22.9 Å². The van der Waals surface area contributed by atoms with Crippen molar-refractivity contribution in [3.05, 3.63) is 20.8 Å². The zero-order valence-electron chi connectivity index (χ0n) is 8.48. The summed E-state index contributed by atoms with van der Waals surface area (Å²) in [5, 5.41) is 13.0. The molecule has 0 aliphatic carbocycles. The van der Waals surface area contributed by atoms with Crippen LogP contribution in [0.2, 0.25) is 0 Å². The zero-order chi connectivity index (χ0) is 12.3.